The monoisotopic (exact) mass is 459 g/mol. The van der Waals surface area contributed by atoms with E-state index in [0.29, 0.717) is 0 Å². The number of benzene rings is 3. The molecule has 0 saturated heterocycles. The number of carbonyl (C=O) groups excluding carboxylic acids is 1. The molecule has 0 unspecified atom stereocenters. The first-order valence-corrected chi connectivity index (χ1v) is 10.1. The highest BCUT2D eigenvalue weighted by Gasteiger charge is 2.45. The normalized spacial score (nSPS) is 14.6. The van der Waals surface area contributed by atoms with Crippen molar-refractivity contribution in [1.29, 1.82) is 0 Å². The molecule has 1 aliphatic carbocycles. The Kier molecular flexibility index (Phi) is 5.46. The van der Waals surface area contributed by atoms with Gasteiger partial charge in [0.25, 0.3) is 5.91 Å². The summed E-state index contributed by atoms with van der Waals surface area (Å²) >= 11 is 6.17. The highest BCUT2D eigenvalue weighted by Crippen LogP contribution is 2.40. The molecule has 8 heteroatoms. The first-order chi connectivity index (χ1) is 15.1. The zero-order valence-corrected chi connectivity index (χ0v) is 17.3. The molecule has 164 valence electrons. The molecule has 1 aliphatic rings. The van der Waals surface area contributed by atoms with Crippen molar-refractivity contribution in [2.75, 3.05) is 0 Å². The van der Waals surface area contributed by atoms with Crippen LogP contribution in [-0.2, 0) is 23.8 Å². The largest absolute Gasteiger partial charge is 0.479 e. The lowest BCUT2D eigenvalue weighted by Gasteiger charge is -2.25. The van der Waals surface area contributed by atoms with Gasteiger partial charge in [-0.3, -0.25) is 4.79 Å². The van der Waals surface area contributed by atoms with Gasteiger partial charge in [0.15, 0.2) is 0 Å². The Bertz CT molecular complexity index is 1200. The number of carboxylic acid groups (broad SMARTS) is 1. The summed E-state index contributed by atoms with van der Waals surface area (Å²) in [5, 5.41) is 12.5. The summed E-state index contributed by atoms with van der Waals surface area (Å²) in [7, 11) is 0. The average Bonchev–Trinajstić information content (AvgIpc) is 3.13. The number of hydrogen-bond acceptors (Lipinski definition) is 2. The number of aliphatic carboxylic acids is 1. The van der Waals surface area contributed by atoms with Crippen molar-refractivity contribution in [3.05, 3.63) is 94.0 Å². The maximum atomic E-state index is 13.5. The SMILES string of the molecule is O=C(NC1(C(=O)O)Cc2ccccc2C1)c1ccc(Cl)c(-c2ccccc2C(F)(F)F)c1. The van der Waals surface area contributed by atoms with E-state index in [1.165, 1.54) is 36.4 Å². The molecule has 0 bridgehead atoms. The minimum Gasteiger partial charge on any atom is -0.479 e. The van der Waals surface area contributed by atoms with E-state index in [-0.39, 0.29) is 34.6 Å². The van der Waals surface area contributed by atoms with E-state index in [2.05, 4.69) is 5.32 Å². The van der Waals surface area contributed by atoms with Gasteiger partial charge in [-0.15, -0.1) is 0 Å². The topological polar surface area (TPSA) is 66.4 Å². The Hall–Kier alpha value is -3.32. The number of halogens is 4. The molecule has 4 nitrogen and oxygen atoms in total. The van der Waals surface area contributed by atoms with Crippen LogP contribution in [0.2, 0.25) is 5.02 Å². The molecule has 3 aromatic carbocycles. The van der Waals surface area contributed by atoms with Gasteiger partial charge < -0.3 is 10.4 Å². The molecular weight excluding hydrogens is 443 g/mol. The number of amides is 1. The molecule has 0 atom stereocenters. The van der Waals surface area contributed by atoms with E-state index in [1.54, 1.807) is 24.3 Å². The minimum atomic E-state index is -4.61. The summed E-state index contributed by atoms with van der Waals surface area (Å²) in [6, 6.07) is 16.1. The van der Waals surface area contributed by atoms with Gasteiger partial charge in [0.05, 0.1) is 5.56 Å². The Labute approximate surface area is 186 Å². The van der Waals surface area contributed by atoms with Crippen LogP contribution in [0.25, 0.3) is 11.1 Å². The fourth-order valence-corrected chi connectivity index (χ4v) is 4.26. The van der Waals surface area contributed by atoms with E-state index in [4.69, 9.17) is 11.6 Å². The van der Waals surface area contributed by atoms with Gasteiger partial charge in [0.2, 0.25) is 0 Å². The van der Waals surface area contributed by atoms with E-state index >= 15 is 0 Å². The van der Waals surface area contributed by atoms with E-state index < -0.39 is 29.2 Å². The molecule has 3 aromatic rings. The van der Waals surface area contributed by atoms with Gasteiger partial charge in [-0.05, 0) is 41.0 Å². The Morgan fingerprint density at radius 1 is 0.906 bits per heavy atom. The summed E-state index contributed by atoms with van der Waals surface area (Å²) < 4.78 is 40.4. The second kappa shape index (κ2) is 7.98. The summed E-state index contributed by atoms with van der Waals surface area (Å²) in [6.07, 6.45) is -4.38. The number of hydrogen-bond donors (Lipinski definition) is 2. The van der Waals surface area contributed by atoms with Crippen LogP contribution in [0, 0.1) is 0 Å². The van der Waals surface area contributed by atoms with E-state index in [0.717, 1.165) is 17.2 Å². The number of carboxylic acids is 1. The predicted molar refractivity (Wildman–Crippen MR) is 114 cm³/mol. The van der Waals surface area contributed by atoms with Crippen molar-refractivity contribution in [1.82, 2.24) is 5.32 Å². The van der Waals surface area contributed by atoms with Crippen LogP contribution in [0.1, 0.15) is 27.0 Å². The van der Waals surface area contributed by atoms with Crippen LogP contribution in [0.5, 0.6) is 0 Å². The average molecular weight is 460 g/mol. The maximum Gasteiger partial charge on any atom is 0.417 e. The summed E-state index contributed by atoms with van der Waals surface area (Å²) in [5.74, 6) is -1.89. The smallest absolute Gasteiger partial charge is 0.417 e. The Balaban J connectivity index is 1.69. The molecule has 0 saturated carbocycles. The molecule has 0 aromatic heterocycles. The number of rotatable bonds is 4. The Morgan fingerprint density at radius 2 is 1.50 bits per heavy atom. The highest BCUT2D eigenvalue weighted by molar-refractivity contribution is 6.33. The van der Waals surface area contributed by atoms with Crippen molar-refractivity contribution in [2.45, 2.75) is 24.6 Å². The van der Waals surface area contributed by atoms with Gasteiger partial charge in [0, 0.05) is 29.0 Å². The molecule has 4 rings (SSSR count). The molecule has 0 radical (unpaired) electrons. The van der Waals surface area contributed by atoms with Crippen LogP contribution in [0.3, 0.4) is 0 Å². The standard InChI is InChI=1S/C24H17ClF3NO3/c25-20-10-9-14(11-18(20)17-7-3-4-8-19(17)24(26,27)28)21(30)29-23(22(31)32)12-15-5-1-2-6-16(15)13-23/h1-11H,12-13H2,(H,29,30)(H,31,32). The predicted octanol–water partition coefficient (Wildman–Crippen LogP) is 5.38. The van der Waals surface area contributed by atoms with Gasteiger partial charge in [-0.1, -0.05) is 54.1 Å². The third-order valence-electron chi connectivity index (χ3n) is 5.62. The van der Waals surface area contributed by atoms with Crippen LogP contribution >= 0.6 is 11.6 Å². The van der Waals surface area contributed by atoms with Crippen LogP contribution in [0.4, 0.5) is 13.2 Å². The van der Waals surface area contributed by atoms with E-state index in [1.807, 2.05) is 0 Å². The maximum absolute atomic E-state index is 13.5. The number of carbonyl (C=O) groups is 2. The van der Waals surface area contributed by atoms with Gasteiger partial charge in [0.1, 0.15) is 5.54 Å². The van der Waals surface area contributed by atoms with Crippen LogP contribution in [-0.4, -0.2) is 22.5 Å². The molecule has 0 heterocycles. The lowest BCUT2D eigenvalue weighted by atomic mass is 9.94. The quantitative estimate of drug-likeness (QED) is 0.550. The first kappa shape index (κ1) is 21.9. The lowest BCUT2D eigenvalue weighted by Crippen LogP contribution is -2.55. The van der Waals surface area contributed by atoms with Gasteiger partial charge >= 0.3 is 12.1 Å². The molecule has 1 amide bonds. The number of fused-ring (bicyclic) bond motifs is 1. The van der Waals surface area contributed by atoms with Crippen molar-refractivity contribution in [3.63, 3.8) is 0 Å². The highest BCUT2D eigenvalue weighted by atomic mass is 35.5. The van der Waals surface area contributed by atoms with Crippen LogP contribution in [0.15, 0.2) is 66.7 Å². The van der Waals surface area contributed by atoms with E-state index in [9.17, 15) is 27.9 Å². The van der Waals surface area contributed by atoms with Crippen molar-refractivity contribution >= 4 is 23.5 Å². The van der Waals surface area contributed by atoms with Crippen molar-refractivity contribution in [2.24, 2.45) is 0 Å². The van der Waals surface area contributed by atoms with Crippen molar-refractivity contribution < 1.29 is 27.9 Å². The lowest BCUT2D eigenvalue weighted by molar-refractivity contribution is -0.144. The molecule has 0 fully saturated rings. The molecular formula is C24H17ClF3NO3. The minimum absolute atomic E-state index is 0.0120. The Morgan fingerprint density at radius 3 is 2.09 bits per heavy atom. The molecule has 2 N–H and O–H groups in total. The zero-order valence-electron chi connectivity index (χ0n) is 16.5. The van der Waals surface area contributed by atoms with Gasteiger partial charge in [-0.2, -0.15) is 13.2 Å². The molecule has 0 spiro atoms. The summed E-state index contributed by atoms with van der Waals surface area (Å²) in [6.45, 7) is 0. The fourth-order valence-electron chi connectivity index (χ4n) is 4.04. The number of alkyl halides is 3. The first-order valence-electron chi connectivity index (χ1n) is 9.69. The zero-order chi connectivity index (χ0) is 23.1. The third-order valence-corrected chi connectivity index (χ3v) is 5.95. The number of nitrogens with one attached hydrogen (secondary N) is 1. The second-order valence-corrected chi connectivity index (χ2v) is 8.11. The molecule has 0 aliphatic heterocycles. The van der Waals surface area contributed by atoms with Gasteiger partial charge in [-0.25, -0.2) is 4.79 Å². The van der Waals surface area contributed by atoms with Crippen molar-refractivity contribution in [3.8, 4) is 11.1 Å². The fraction of sp³-hybridized carbons (Fsp3) is 0.167. The second-order valence-electron chi connectivity index (χ2n) is 7.70. The molecule has 32 heavy (non-hydrogen) atoms. The van der Waals surface area contributed by atoms with Crippen LogP contribution < -0.4 is 5.32 Å². The third kappa shape index (κ3) is 3.96. The summed E-state index contributed by atoms with van der Waals surface area (Å²) in [4.78, 5) is 25.1. The summed E-state index contributed by atoms with van der Waals surface area (Å²) in [5.41, 5.74) is -0.889.